The normalized spacial score (nSPS) is 13.4. The lowest BCUT2D eigenvalue weighted by molar-refractivity contribution is -0.156. The number of carboxylic acids is 1. The maximum atomic E-state index is 13.1. The van der Waals surface area contributed by atoms with Crippen molar-refractivity contribution < 1.29 is 24.2 Å². The van der Waals surface area contributed by atoms with Gasteiger partial charge >= 0.3 is 11.9 Å². The van der Waals surface area contributed by atoms with Crippen molar-refractivity contribution in [3.63, 3.8) is 0 Å². The van der Waals surface area contributed by atoms with Crippen molar-refractivity contribution in [2.24, 2.45) is 5.41 Å². The van der Waals surface area contributed by atoms with Crippen molar-refractivity contribution in [3.05, 3.63) is 59.2 Å². The number of carbonyl (C=O) groups excluding carboxylic acids is 1. The smallest absolute Gasteiger partial charge is 0.321 e. The Hall–Kier alpha value is -2.31. The topological polar surface area (TPSA) is 72.8 Å². The second-order valence-electron chi connectivity index (χ2n) is 10.9. The zero-order valence-electron chi connectivity index (χ0n) is 22.5. The van der Waals surface area contributed by atoms with Gasteiger partial charge in [0.15, 0.2) is 0 Å². The van der Waals surface area contributed by atoms with E-state index in [4.69, 9.17) is 9.47 Å². The summed E-state index contributed by atoms with van der Waals surface area (Å²) in [6, 6.07) is 13.3. The van der Waals surface area contributed by atoms with E-state index in [1.165, 1.54) is 22.9 Å². The third kappa shape index (κ3) is 7.34. The SMILES string of the molecule is CCc1ccc(C(C)(C)C(=O)Oc2ccc(SC(OC(C)(C)C)C(C)(C)C(=O)O)cc2)cc1CC. The zero-order chi connectivity index (χ0) is 26.6. The minimum absolute atomic E-state index is 0.329. The lowest BCUT2D eigenvalue weighted by Crippen LogP contribution is -2.41. The minimum Gasteiger partial charge on any atom is -0.481 e. The highest BCUT2D eigenvalue weighted by molar-refractivity contribution is 7.99. The van der Waals surface area contributed by atoms with E-state index in [9.17, 15) is 14.7 Å². The fourth-order valence-corrected chi connectivity index (χ4v) is 4.76. The van der Waals surface area contributed by atoms with E-state index in [1.807, 2.05) is 52.8 Å². The van der Waals surface area contributed by atoms with Gasteiger partial charge in [-0.3, -0.25) is 9.59 Å². The highest BCUT2D eigenvalue weighted by atomic mass is 32.2. The Morgan fingerprint density at radius 2 is 1.46 bits per heavy atom. The fourth-order valence-electron chi connectivity index (χ4n) is 3.49. The molecule has 2 aromatic carbocycles. The van der Waals surface area contributed by atoms with Crippen LogP contribution in [0.15, 0.2) is 47.4 Å². The van der Waals surface area contributed by atoms with Crippen LogP contribution < -0.4 is 4.74 Å². The van der Waals surface area contributed by atoms with Crippen LogP contribution in [-0.4, -0.2) is 28.1 Å². The number of esters is 1. The quantitative estimate of drug-likeness (QED) is 0.163. The molecule has 1 atom stereocenters. The van der Waals surface area contributed by atoms with Gasteiger partial charge in [0.1, 0.15) is 11.2 Å². The second-order valence-corrected chi connectivity index (χ2v) is 12.0. The Morgan fingerprint density at radius 1 is 0.886 bits per heavy atom. The second kappa shape index (κ2) is 11.2. The van der Waals surface area contributed by atoms with Gasteiger partial charge in [-0.05, 0) is 102 Å². The third-order valence-electron chi connectivity index (χ3n) is 6.08. The molecule has 6 heteroatoms. The average Bonchev–Trinajstić information content (AvgIpc) is 2.78. The van der Waals surface area contributed by atoms with Crippen molar-refractivity contribution in [1.82, 2.24) is 0 Å². The van der Waals surface area contributed by atoms with Gasteiger partial charge in [0.05, 0.1) is 16.4 Å². The van der Waals surface area contributed by atoms with E-state index in [-0.39, 0.29) is 5.97 Å². The van der Waals surface area contributed by atoms with Crippen LogP contribution in [0.1, 0.15) is 79.0 Å². The first-order valence-corrected chi connectivity index (χ1v) is 13.0. The fraction of sp³-hybridized carbons (Fsp3) is 0.517. The summed E-state index contributed by atoms with van der Waals surface area (Å²) in [5.74, 6) is -0.811. The molecule has 0 radical (unpaired) electrons. The molecule has 0 aliphatic rings. The Morgan fingerprint density at radius 3 is 1.94 bits per heavy atom. The predicted molar refractivity (Wildman–Crippen MR) is 142 cm³/mol. The van der Waals surface area contributed by atoms with Crippen molar-refractivity contribution in [2.75, 3.05) is 0 Å². The van der Waals surface area contributed by atoms with E-state index in [2.05, 4.69) is 26.0 Å². The van der Waals surface area contributed by atoms with Crippen LogP contribution in [-0.2, 0) is 32.6 Å². The molecule has 2 aromatic rings. The molecule has 35 heavy (non-hydrogen) atoms. The molecule has 0 spiro atoms. The summed E-state index contributed by atoms with van der Waals surface area (Å²) in [7, 11) is 0. The van der Waals surface area contributed by atoms with Crippen molar-refractivity contribution in [2.45, 2.75) is 96.5 Å². The highest BCUT2D eigenvalue weighted by Gasteiger charge is 2.41. The summed E-state index contributed by atoms with van der Waals surface area (Å²) in [5, 5.41) is 9.71. The van der Waals surface area contributed by atoms with Gasteiger partial charge < -0.3 is 14.6 Å². The summed E-state index contributed by atoms with van der Waals surface area (Å²) in [6.45, 7) is 17.0. The summed E-state index contributed by atoms with van der Waals surface area (Å²) in [5.41, 5.74) is 0.474. The molecular weight excluding hydrogens is 460 g/mol. The van der Waals surface area contributed by atoms with Crippen molar-refractivity contribution >= 4 is 23.7 Å². The van der Waals surface area contributed by atoms with E-state index in [0.29, 0.717) is 5.75 Å². The van der Waals surface area contributed by atoms with Gasteiger partial charge in [0.2, 0.25) is 0 Å². The molecule has 192 valence electrons. The van der Waals surface area contributed by atoms with E-state index in [1.54, 1.807) is 26.0 Å². The summed E-state index contributed by atoms with van der Waals surface area (Å²) >= 11 is 1.34. The minimum atomic E-state index is -1.10. The molecule has 5 nitrogen and oxygen atoms in total. The lowest BCUT2D eigenvalue weighted by Gasteiger charge is -2.35. The predicted octanol–water partition coefficient (Wildman–Crippen LogP) is 7.04. The highest BCUT2D eigenvalue weighted by Crippen LogP contribution is 2.39. The Labute approximate surface area is 214 Å². The maximum absolute atomic E-state index is 13.1. The maximum Gasteiger partial charge on any atom is 0.321 e. The molecule has 1 unspecified atom stereocenters. The Balaban J connectivity index is 2.19. The average molecular weight is 501 g/mol. The van der Waals surface area contributed by atoms with Crippen LogP contribution in [0.5, 0.6) is 5.75 Å². The summed E-state index contributed by atoms with van der Waals surface area (Å²) in [6.07, 6.45) is 1.88. The number of hydrogen-bond donors (Lipinski definition) is 1. The molecule has 0 fully saturated rings. The number of carbonyl (C=O) groups is 2. The van der Waals surface area contributed by atoms with E-state index >= 15 is 0 Å². The van der Waals surface area contributed by atoms with Crippen LogP contribution in [0.4, 0.5) is 0 Å². The number of rotatable bonds is 10. The monoisotopic (exact) mass is 500 g/mol. The first-order valence-electron chi connectivity index (χ1n) is 12.1. The van der Waals surface area contributed by atoms with Crippen LogP contribution >= 0.6 is 11.8 Å². The number of thioether (sulfide) groups is 1. The molecule has 0 amide bonds. The third-order valence-corrected chi connectivity index (χ3v) is 7.52. The van der Waals surface area contributed by atoms with Gasteiger partial charge in [0, 0.05) is 4.90 Å². The van der Waals surface area contributed by atoms with E-state index in [0.717, 1.165) is 23.3 Å². The molecule has 0 aliphatic heterocycles. The Bertz CT molecular complexity index is 1030. The molecule has 0 saturated carbocycles. The zero-order valence-corrected chi connectivity index (χ0v) is 23.3. The standard InChI is InChI=1S/C29H40O5S/c1-10-19-12-13-21(18-20(19)11-2)28(6,7)25(32)33-22-14-16-23(17-15-22)35-26(34-27(3,4)5)29(8,9)24(30)31/h12-18,26H,10-11H2,1-9H3,(H,30,31). The number of carboxylic acid groups (broad SMARTS) is 1. The molecular formula is C29H40O5S. The molecule has 0 aromatic heterocycles. The number of hydrogen-bond acceptors (Lipinski definition) is 5. The largest absolute Gasteiger partial charge is 0.481 e. The van der Waals surface area contributed by atoms with Gasteiger partial charge in [-0.2, -0.15) is 0 Å². The molecule has 0 saturated heterocycles. The lowest BCUT2D eigenvalue weighted by atomic mass is 9.82. The molecule has 0 bridgehead atoms. The van der Waals surface area contributed by atoms with Gasteiger partial charge in [-0.15, -0.1) is 0 Å². The number of aliphatic carboxylic acids is 1. The Kier molecular flexibility index (Phi) is 9.23. The molecule has 0 aliphatic carbocycles. The summed E-state index contributed by atoms with van der Waals surface area (Å²) < 4.78 is 11.8. The van der Waals surface area contributed by atoms with Crippen LogP contribution in [0.2, 0.25) is 0 Å². The summed E-state index contributed by atoms with van der Waals surface area (Å²) in [4.78, 5) is 25.8. The van der Waals surface area contributed by atoms with Gasteiger partial charge in [0.25, 0.3) is 0 Å². The first-order chi connectivity index (χ1) is 16.1. The number of benzene rings is 2. The number of ether oxygens (including phenoxy) is 2. The molecule has 0 heterocycles. The molecule has 1 N–H and O–H groups in total. The van der Waals surface area contributed by atoms with Crippen molar-refractivity contribution in [1.29, 1.82) is 0 Å². The van der Waals surface area contributed by atoms with Crippen LogP contribution in [0.3, 0.4) is 0 Å². The van der Waals surface area contributed by atoms with Gasteiger partial charge in [-0.25, -0.2) is 0 Å². The van der Waals surface area contributed by atoms with Crippen LogP contribution in [0.25, 0.3) is 0 Å². The van der Waals surface area contributed by atoms with Crippen LogP contribution in [0, 0.1) is 5.41 Å². The van der Waals surface area contributed by atoms with E-state index < -0.39 is 27.8 Å². The first kappa shape index (κ1) is 28.9. The molecule has 2 rings (SSSR count). The van der Waals surface area contributed by atoms with Gasteiger partial charge in [-0.1, -0.05) is 43.8 Å². The number of aryl methyl sites for hydroxylation is 2. The van der Waals surface area contributed by atoms with Crippen molar-refractivity contribution in [3.8, 4) is 5.75 Å².